The molecule has 2 aromatic rings. The Hall–Kier alpha value is -2.22. The van der Waals surface area contributed by atoms with E-state index in [0.717, 1.165) is 6.07 Å². The van der Waals surface area contributed by atoms with E-state index in [1.807, 2.05) is 0 Å². The van der Waals surface area contributed by atoms with Crippen molar-refractivity contribution in [3.05, 3.63) is 53.2 Å². The van der Waals surface area contributed by atoms with Crippen LogP contribution in [-0.4, -0.2) is 17.1 Å². The highest BCUT2D eigenvalue weighted by Crippen LogP contribution is 2.34. The number of benzene rings is 1. The molecule has 21 heavy (non-hydrogen) atoms. The number of alkyl halides is 3. The van der Waals surface area contributed by atoms with Gasteiger partial charge in [-0.05, 0) is 17.7 Å². The van der Waals surface area contributed by atoms with Crippen LogP contribution < -0.4 is 10.5 Å². The lowest BCUT2D eigenvalue weighted by molar-refractivity contribution is -0.140. The third kappa shape index (κ3) is 3.10. The minimum atomic E-state index is -4.80. The molecule has 0 spiro atoms. The van der Waals surface area contributed by atoms with E-state index in [-0.39, 0.29) is 17.1 Å². The van der Waals surface area contributed by atoms with Crippen LogP contribution >= 0.6 is 0 Å². The fourth-order valence-electron chi connectivity index (χ4n) is 1.82. The van der Waals surface area contributed by atoms with Crippen molar-refractivity contribution in [3.63, 3.8) is 0 Å². The molecule has 1 aromatic carbocycles. The van der Waals surface area contributed by atoms with Gasteiger partial charge in [-0.25, -0.2) is 9.37 Å². The third-order valence-corrected chi connectivity index (χ3v) is 2.83. The summed E-state index contributed by atoms with van der Waals surface area (Å²) in [4.78, 5) is 7.82. The lowest BCUT2D eigenvalue weighted by atomic mass is 10.0. The smallest absolute Gasteiger partial charge is 0.419 e. The van der Waals surface area contributed by atoms with Gasteiger partial charge in [-0.2, -0.15) is 13.2 Å². The van der Waals surface area contributed by atoms with Crippen molar-refractivity contribution in [1.82, 2.24) is 9.97 Å². The SMILES string of the molecule is COc1nccnc1C(N)c1ccc(F)c(C(F)(F)F)c1. The first-order valence-corrected chi connectivity index (χ1v) is 5.81. The van der Waals surface area contributed by atoms with E-state index in [1.54, 1.807) is 0 Å². The maximum Gasteiger partial charge on any atom is 0.419 e. The summed E-state index contributed by atoms with van der Waals surface area (Å²) in [5.74, 6) is -1.26. The summed E-state index contributed by atoms with van der Waals surface area (Å²) in [5.41, 5.74) is 4.73. The second kappa shape index (κ2) is 5.65. The number of aromatic nitrogens is 2. The van der Waals surface area contributed by atoms with Crippen LogP contribution in [0.25, 0.3) is 0 Å². The standard InChI is InChI=1S/C13H11F4N3O/c1-21-12-11(19-4-5-20-12)10(18)7-2-3-9(14)8(6-7)13(15,16)17/h2-6,10H,18H2,1H3. The number of hydrogen-bond donors (Lipinski definition) is 1. The van der Waals surface area contributed by atoms with Crippen molar-refractivity contribution < 1.29 is 22.3 Å². The monoisotopic (exact) mass is 301 g/mol. The lowest BCUT2D eigenvalue weighted by Crippen LogP contribution is -2.17. The van der Waals surface area contributed by atoms with Crippen LogP contribution in [0.4, 0.5) is 17.6 Å². The quantitative estimate of drug-likeness (QED) is 0.885. The fourth-order valence-corrected chi connectivity index (χ4v) is 1.82. The largest absolute Gasteiger partial charge is 0.480 e. The van der Waals surface area contributed by atoms with Gasteiger partial charge in [0, 0.05) is 12.4 Å². The molecule has 0 saturated heterocycles. The molecule has 0 bridgehead atoms. The fraction of sp³-hybridized carbons (Fsp3) is 0.231. The number of hydrogen-bond acceptors (Lipinski definition) is 4. The van der Waals surface area contributed by atoms with E-state index in [0.29, 0.717) is 6.07 Å². The Balaban J connectivity index is 2.47. The van der Waals surface area contributed by atoms with Gasteiger partial charge in [0.1, 0.15) is 11.5 Å². The average molecular weight is 301 g/mol. The number of nitrogens with two attached hydrogens (primary N) is 1. The molecule has 0 fully saturated rings. The molecule has 1 heterocycles. The molecule has 1 aromatic heterocycles. The molecular weight excluding hydrogens is 290 g/mol. The van der Waals surface area contributed by atoms with Crippen LogP contribution in [0.2, 0.25) is 0 Å². The van der Waals surface area contributed by atoms with E-state index < -0.39 is 23.6 Å². The maximum atomic E-state index is 13.3. The van der Waals surface area contributed by atoms with Crippen molar-refractivity contribution >= 4 is 0 Å². The van der Waals surface area contributed by atoms with Crippen LogP contribution in [0, 0.1) is 5.82 Å². The molecule has 0 aliphatic rings. The molecular formula is C13H11F4N3O. The Morgan fingerprint density at radius 3 is 2.48 bits per heavy atom. The van der Waals surface area contributed by atoms with Gasteiger partial charge in [-0.3, -0.25) is 4.98 Å². The molecule has 2 rings (SSSR count). The van der Waals surface area contributed by atoms with Crippen LogP contribution in [0.1, 0.15) is 22.9 Å². The zero-order valence-electron chi connectivity index (χ0n) is 10.9. The van der Waals surface area contributed by atoms with Crippen LogP contribution in [0.3, 0.4) is 0 Å². The van der Waals surface area contributed by atoms with Crippen LogP contribution in [0.15, 0.2) is 30.6 Å². The summed E-state index contributed by atoms with van der Waals surface area (Å²) in [6, 6.07) is 1.54. The average Bonchev–Trinajstić information content (AvgIpc) is 2.45. The summed E-state index contributed by atoms with van der Waals surface area (Å²) >= 11 is 0. The van der Waals surface area contributed by atoms with E-state index in [4.69, 9.17) is 10.5 Å². The maximum absolute atomic E-state index is 13.3. The summed E-state index contributed by atoms with van der Waals surface area (Å²) in [5, 5.41) is 0. The Morgan fingerprint density at radius 1 is 1.19 bits per heavy atom. The predicted octanol–water partition coefficient (Wildman–Crippen LogP) is 2.69. The van der Waals surface area contributed by atoms with Crippen molar-refractivity contribution in [2.75, 3.05) is 7.11 Å². The minimum absolute atomic E-state index is 0.0579. The normalized spacial score (nSPS) is 13.0. The Morgan fingerprint density at radius 2 is 1.86 bits per heavy atom. The Kier molecular flexibility index (Phi) is 4.08. The summed E-state index contributed by atoms with van der Waals surface area (Å²) in [6.45, 7) is 0. The Bertz CT molecular complexity index is 646. The molecule has 0 aliphatic carbocycles. The summed E-state index contributed by atoms with van der Waals surface area (Å²) < 4.78 is 56.3. The molecule has 112 valence electrons. The van der Waals surface area contributed by atoms with Gasteiger partial charge in [0.2, 0.25) is 5.88 Å². The predicted molar refractivity (Wildman–Crippen MR) is 66.0 cm³/mol. The number of nitrogens with zero attached hydrogens (tertiary/aromatic N) is 2. The van der Waals surface area contributed by atoms with E-state index in [2.05, 4.69) is 9.97 Å². The van der Waals surface area contributed by atoms with E-state index >= 15 is 0 Å². The summed E-state index contributed by atoms with van der Waals surface area (Å²) in [6.07, 6.45) is -2.10. The molecule has 4 nitrogen and oxygen atoms in total. The highest BCUT2D eigenvalue weighted by atomic mass is 19.4. The van der Waals surface area contributed by atoms with Crippen molar-refractivity contribution in [3.8, 4) is 5.88 Å². The molecule has 2 N–H and O–H groups in total. The third-order valence-electron chi connectivity index (χ3n) is 2.83. The van der Waals surface area contributed by atoms with E-state index in [1.165, 1.54) is 25.6 Å². The highest BCUT2D eigenvalue weighted by molar-refractivity contribution is 5.36. The van der Waals surface area contributed by atoms with Gasteiger partial charge < -0.3 is 10.5 Å². The van der Waals surface area contributed by atoms with Crippen LogP contribution in [0.5, 0.6) is 5.88 Å². The molecule has 0 aliphatic heterocycles. The first-order valence-electron chi connectivity index (χ1n) is 5.81. The molecule has 1 atom stereocenters. The molecule has 8 heteroatoms. The minimum Gasteiger partial charge on any atom is -0.480 e. The van der Waals surface area contributed by atoms with Gasteiger partial charge in [-0.1, -0.05) is 6.07 Å². The van der Waals surface area contributed by atoms with Crippen molar-refractivity contribution in [2.45, 2.75) is 12.2 Å². The number of methoxy groups -OCH3 is 1. The first kappa shape index (κ1) is 15.2. The zero-order valence-corrected chi connectivity index (χ0v) is 10.9. The van der Waals surface area contributed by atoms with Crippen LogP contribution in [-0.2, 0) is 6.18 Å². The van der Waals surface area contributed by atoms with Gasteiger partial charge in [0.15, 0.2) is 0 Å². The number of halogens is 4. The van der Waals surface area contributed by atoms with Gasteiger partial charge >= 0.3 is 6.18 Å². The molecule has 0 radical (unpaired) electrons. The highest BCUT2D eigenvalue weighted by Gasteiger charge is 2.34. The Labute approximate surface area is 117 Å². The lowest BCUT2D eigenvalue weighted by Gasteiger charge is -2.16. The molecule has 0 saturated carbocycles. The summed E-state index contributed by atoms with van der Waals surface area (Å²) in [7, 11) is 1.34. The topological polar surface area (TPSA) is 61.0 Å². The number of ether oxygens (including phenoxy) is 1. The second-order valence-corrected chi connectivity index (χ2v) is 4.17. The zero-order chi connectivity index (χ0) is 15.6. The number of rotatable bonds is 3. The molecule has 0 amide bonds. The van der Waals surface area contributed by atoms with Gasteiger partial charge in [0.05, 0.1) is 18.7 Å². The second-order valence-electron chi connectivity index (χ2n) is 4.17. The van der Waals surface area contributed by atoms with Gasteiger partial charge in [0.25, 0.3) is 0 Å². The first-order chi connectivity index (χ1) is 9.84. The van der Waals surface area contributed by atoms with Crippen molar-refractivity contribution in [1.29, 1.82) is 0 Å². The van der Waals surface area contributed by atoms with E-state index in [9.17, 15) is 17.6 Å². The molecule has 1 unspecified atom stereocenters. The van der Waals surface area contributed by atoms with Gasteiger partial charge in [-0.15, -0.1) is 0 Å². The van der Waals surface area contributed by atoms with Crippen molar-refractivity contribution in [2.24, 2.45) is 5.73 Å².